The van der Waals surface area contributed by atoms with Crippen molar-refractivity contribution >= 4 is 11.9 Å². The van der Waals surface area contributed by atoms with E-state index in [0.717, 1.165) is 11.3 Å². The van der Waals surface area contributed by atoms with E-state index in [1.165, 1.54) is 14.0 Å². The average Bonchev–Trinajstić information content (AvgIpc) is 3.18. The summed E-state index contributed by atoms with van der Waals surface area (Å²) in [4.78, 5) is 27.7. The lowest BCUT2D eigenvalue weighted by molar-refractivity contribution is -0.139. The lowest BCUT2D eigenvalue weighted by Crippen LogP contribution is -2.16. The first-order valence-corrected chi connectivity index (χ1v) is 9.08. The molecule has 0 spiro atoms. The molecule has 0 fully saturated rings. The number of carbonyl (C=O) groups excluding carboxylic acids is 2. The fraction of sp³-hybridized carbons (Fsp3) is 0.381. The van der Waals surface area contributed by atoms with E-state index in [2.05, 4.69) is 4.98 Å². The van der Waals surface area contributed by atoms with Crippen molar-refractivity contribution < 1.29 is 23.8 Å². The van der Waals surface area contributed by atoms with E-state index in [-0.39, 0.29) is 5.92 Å². The SMILES string of the molecule is COC(=O)/C(Cc1ccc(OCCn2ccnc2)cc1)=C(\OC(C)=O)C(C)C. The third-order valence-electron chi connectivity index (χ3n) is 3.99. The number of methoxy groups -OCH3 is 1. The third kappa shape index (κ3) is 6.26. The molecule has 0 N–H and O–H groups in total. The van der Waals surface area contributed by atoms with Gasteiger partial charge in [-0.25, -0.2) is 9.78 Å². The maximum absolute atomic E-state index is 12.3. The van der Waals surface area contributed by atoms with Gasteiger partial charge in [-0.2, -0.15) is 0 Å². The van der Waals surface area contributed by atoms with Gasteiger partial charge in [-0.15, -0.1) is 0 Å². The molecule has 1 aromatic carbocycles. The summed E-state index contributed by atoms with van der Waals surface area (Å²) in [6.45, 7) is 6.26. The molecule has 0 saturated carbocycles. The Kier molecular flexibility index (Phi) is 7.80. The number of aromatic nitrogens is 2. The van der Waals surface area contributed by atoms with Crippen LogP contribution in [0, 0.1) is 5.92 Å². The molecule has 0 aliphatic rings. The van der Waals surface area contributed by atoms with Crippen molar-refractivity contribution in [3.63, 3.8) is 0 Å². The van der Waals surface area contributed by atoms with Gasteiger partial charge >= 0.3 is 11.9 Å². The minimum atomic E-state index is -0.509. The highest BCUT2D eigenvalue weighted by atomic mass is 16.5. The van der Waals surface area contributed by atoms with Gasteiger partial charge in [0.05, 0.1) is 25.6 Å². The molecule has 7 nitrogen and oxygen atoms in total. The summed E-state index contributed by atoms with van der Waals surface area (Å²) >= 11 is 0. The van der Waals surface area contributed by atoms with E-state index in [1.807, 2.05) is 48.9 Å². The van der Waals surface area contributed by atoms with Crippen molar-refractivity contribution in [1.29, 1.82) is 0 Å². The monoisotopic (exact) mass is 386 g/mol. The minimum Gasteiger partial charge on any atom is -0.492 e. The van der Waals surface area contributed by atoms with E-state index >= 15 is 0 Å². The van der Waals surface area contributed by atoms with Gasteiger partial charge in [0.1, 0.15) is 18.1 Å². The molecule has 0 amide bonds. The van der Waals surface area contributed by atoms with Gasteiger partial charge in [-0.05, 0) is 17.7 Å². The number of rotatable bonds is 9. The third-order valence-corrected chi connectivity index (χ3v) is 3.99. The Balaban J connectivity index is 2.09. The molecule has 0 unspecified atom stereocenters. The number of hydrogen-bond acceptors (Lipinski definition) is 6. The molecule has 0 aliphatic heterocycles. The molecule has 7 heteroatoms. The number of ether oxygens (including phenoxy) is 3. The highest BCUT2D eigenvalue weighted by Gasteiger charge is 2.22. The minimum absolute atomic E-state index is 0.135. The average molecular weight is 386 g/mol. The van der Waals surface area contributed by atoms with Crippen molar-refractivity contribution in [3.8, 4) is 5.75 Å². The zero-order valence-corrected chi connectivity index (χ0v) is 16.7. The molecule has 0 aliphatic carbocycles. The first kappa shape index (κ1) is 21.2. The van der Waals surface area contributed by atoms with Crippen LogP contribution in [0.15, 0.2) is 54.3 Å². The van der Waals surface area contributed by atoms with Gasteiger partial charge in [-0.3, -0.25) is 4.79 Å². The summed E-state index contributed by atoms with van der Waals surface area (Å²) in [5, 5.41) is 0. The second kappa shape index (κ2) is 10.3. The Bertz CT molecular complexity index is 808. The number of nitrogens with zero attached hydrogens (tertiary/aromatic N) is 2. The Labute approximate surface area is 164 Å². The van der Waals surface area contributed by atoms with Gasteiger partial charge in [0.2, 0.25) is 0 Å². The van der Waals surface area contributed by atoms with Crippen molar-refractivity contribution in [2.75, 3.05) is 13.7 Å². The fourth-order valence-corrected chi connectivity index (χ4v) is 2.66. The van der Waals surface area contributed by atoms with Crippen LogP contribution in [0.1, 0.15) is 26.3 Å². The van der Waals surface area contributed by atoms with Crippen LogP contribution < -0.4 is 4.74 Å². The van der Waals surface area contributed by atoms with E-state index < -0.39 is 11.9 Å². The summed E-state index contributed by atoms with van der Waals surface area (Å²) in [7, 11) is 1.31. The number of esters is 2. The lowest BCUT2D eigenvalue weighted by atomic mass is 9.99. The van der Waals surface area contributed by atoms with E-state index in [4.69, 9.17) is 14.2 Å². The second-order valence-corrected chi connectivity index (χ2v) is 6.55. The fourth-order valence-electron chi connectivity index (χ4n) is 2.66. The number of hydrogen-bond donors (Lipinski definition) is 0. The first-order chi connectivity index (χ1) is 13.4. The molecular formula is C21H26N2O5. The molecule has 1 aromatic heterocycles. The molecule has 1 heterocycles. The largest absolute Gasteiger partial charge is 0.492 e. The van der Waals surface area contributed by atoms with Crippen LogP contribution in [0.25, 0.3) is 0 Å². The van der Waals surface area contributed by atoms with Crippen LogP contribution in [-0.2, 0) is 32.0 Å². The number of imidazole rings is 1. The maximum atomic E-state index is 12.3. The van der Waals surface area contributed by atoms with Crippen LogP contribution in [0.2, 0.25) is 0 Å². The van der Waals surface area contributed by atoms with E-state index in [9.17, 15) is 9.59 Å². The second-order valence-electron chi connectivity index (χ2n) is 6.55. The van der Waals surface area contributed by atoms with Crippen LogP contribution in [-0.4, -0.2) is 35.2 Å². The van der Waals surface area contributed by atoms with Gasteiger partial charge in [0.25, 0.3) is 0 Å². The molecule has 28 heavy (non-hydrogen) atoms. The number of allylic oxidation sites excluding steroid dienone is 1. The molecule has 2 aromatic rings. The Morgan fingerprint density at radius 3 is 2.43 bits per heavy atom. The highest BCUT2D eigenvalue weighted by Crippen LogP contribution is 2.23. The van der Waals surface area contributed by atoms with Crippen molar-refractivity contribution in [3.05, 3.63) is 59.9 Å². The van der Waals surface area contributed by atoms with Gasteiger partial charge < -0.3 is 18.8 Å². The zero-order valence-electron chi connectivity index (χ0n) is 16.7. The molecule has 0 saturated heterocycles. The van der Waals surface area contributed by atoms with Crippen LogP contribution in [0.3, 0.4) is 0 Å². The van der Waals surface area contributed by atoms with Crippen LogP contribution in [0.4, 0.5) is 0 Å². The lowest BCUT2D eigenvalue weighted by Gasteiger charge is -2.16. The molecule has 150 valence electrons. The zero-order chi connectivity index (χ0) is 20.5. The summed E-state index contributed by atoms with van der Waals surface area (Å²) in [6.07, 6.45) is 5.64. The van der Waals surface area contributed by atoms with E-state index in [1.54, 1.807) is 12.5 Å². The predicted molar refractivity (Wildman–Crippen MR) is 104 cm³/mol. The van der Waals surface area contributed by atoms with Crippen molar-refractivity contribution in [1.82, 2.24) is 9.55 Å². The quantitative estimate of drug-likeness (QED) is 0.374. The highest BCUT2D eigenvalue weighted by molar-refractivity contribution is 5.90. The molecular weight excluding hydrogens is 360 g/mol. The predicted octanol–water partition coefficient (Wildman–Crippen LogP) is 3.15. The van der Waals surface area contributed by atoms with Crippen molar-refractivity contribution in [2.24, 2.45) is 5.92 Å². The molecule has 0 bridgehead atoms. The topological polar surface area (TPSA) is 79.7 Å². The molecule has 2 rings (SSSR count). The standard InChI is InChI=1S/C21H26N2O5/c1-15(2)20(28-16(3)24)19(21(25)26-4)13-17-5-7-18(8-6-17)27-12-11-23-10-9-22-14-23/h5-10,14-15H,11-13H2,1-4H3/b20-19-. The first-order valence-electron chi connectivity index (χ1n) is 9.08. The van der Waals surface area contributed by atoms with Crippen LogP contribution in [0.5, 0.6) is 5.75 Å². The van der Waals surface area contributed by atoms with Crippen LogP contribution >= 0.6 is 0 Å². The summed E-state index contributed by atoms with van der Waals surface area (Å²) in [5.74, 6) is -0.0438. The Morgan fingerprint density at radius 2 is 1.89 bits per heavy atom. The van der Waals surface area contributed by atoms with Crippen molar-refractivity contribution in [2.45, 2.75) is 33.7 Å². The molecule has 0 atom stereocenters. The van der Waals surface area contributed by atoms with Gasteiger partial charge in [0.15, 0.2) is 0 Å². The number of benzene rings is 1. The maximum Gasteiger partial charge on any atom is 0.337 e. The van der Waals surface area contributed by atoms with Gasteiger partial charge in [-0.1, -0.05) is 26.0 Å². The number of carbonyl (C=O) groups is 2. The molecule has 0 radical (unpaired) electrons. The Hall–Kier alpha value is -3.09. The summed E-state index contributed by atoms with van der Waals surface area (Å²) < 4.78 is 17.8. The summed E-state index contributed by atoms with van der Waals surface area (Å²) in [6, 6.07) is 7.44. The summed E-state index contributed by atoms with van der Waals surface area (Å²) in [5.41, 5.74) is 1.22. The Morgan fingerprint density at radius 1 is 1.18 bits per heavy atom. The van der Waals surface area contributed by atoms with Gasteiger partial charge in [0, 0.05) is 31.7 Å². The van der Waals surface area contributed by atoms with E-state index in [0.29, 0.717) is 30.9 Å². The normalized spacial score (nSPS) is 11.8. The smallest absolute Gasteiger partial charge is 0.337 e.